The maximum atomic E-state index is 5.04. The number of nitrogens with one attached hydrogen (secondary N) is 1. The minimum atomic E-state index is 0.644. The average Bonchev–Trinajstić information content (AvgIpc) is 3.71. The molecule has 0 saturated carbocycles. The molecule has 0 aliphatic carbocycles. The van der Waals surface area contributed by atoms with E-state index in [9.17, 15) is 0 Å². The summed E-state index contributed by atoms with van der Waals surface area (Å²) in [6.45, 7) is 0.717. The highest BCUT2D eigenvalue weighted by Crippen LogP contribution is 2.40. The second-order valence-corrected chi connectivity index (χ2v) is 11.8. The van der Waals surface area contributed by atoms with Crippen molar-refractivity contribution in [2.24, 2.45) is 0 Å². The lowest BCUT2D eigenvalue weighted by Crippen LogP contribution is -2.01. The SMILES string of the molecule is c1ccc(-c2nc(-c3ccccc3)nc(-c3ccc4c5cccc6c7ccccc7n7c8c(cccc8n(c4c3)c65)NC7)n2)cc1. The Labute approximate surface area is 263 Å². The maximum Gasteiger partial charge on any atom is 0.164 e. The summed E-state index contributed by atoms with van der Waals surface area (Å²) < 4.78 is 4.84. The van der Waals surface area contributed by atoms with Crippen molar-refractivity contribution in [1.82, 2.24) is 23.9 Å². The van der Waals surface area contributed by atoms with E-state index in [4.69, 9.17) is 15.0 Å². The summed E-state index contributed by atoms with van der Waals surface area (Å²) in [4.78, 5) is 15.0. The molecule has 216 valence electrons. The Morgan fingerprint density at radius 2 is 1.00 bits per heavy atom. The fraction of sp³-hybridized carbons (Fsp3) is 0.0250. The lowest BCUT2D eigenvalue weighted by molar-refractivity contribution is 0.873. The standard InChI is InChI=1S/C40H26N6/c1-3-11-25(12-4-1)38-42-39(26-13-5-2-6-14-26)44-40(43-38)27-21-22-29-31-17-9-16-30-28-15-7-8-19-33(28)45-24-41-32-18-10-20-34(37(32)45)46(36(30)31)35(29)23-27/h1-23,41H,24H2. The third kappa shape index (κ3) is 3.61. The molecule has 6 aromatic carbocycles. The van der Waals surface area contributed by atoms with Gasteiger partial charge in [-0.25, -0.2) is 15.0 Å². The number of aromatic nitrogens is 5. The van der Waals surface area contributed by atoms with Crippen LogP contribution in [0.1, 0.15) is 0 Å². The molecule has 4 heterocycles. The molecule has 0 radical (unpaired) electrons. The predicted molar refractivity (Wildman–Crippen MR) is 188 cm³/mol. The normalized spacial score (nSPS) is 12.4. The summed E-state index contributed by atoms with van der Waals surface area (Å²) in [5, 5.41) is 8.49. The van der Waals surface area contributed by atoms with Crippen LogP contribution >= 0.6 is 0 Å². The molecule has 6 nitrogen and oxygen atoms in total. The number of benzene rings is 6. The van der Waals surface area contributed by atoms with Gasteiger partial charge in [0.1, 0.15) is 0 Å². The molecule has 10 rings (SSSR count). The zero-order valence-electron chi connectivity index (χ0n) is 24.7. The minimum absolute atomic E-state index is 0.644. The van der Waals surface area contributed by atoms with E-state index in [0.29, 0.717) is 24.1 Å². The Kier molecular flexibility index (Phi) is 5.25. The molecule has 3 aromatic heterocycles. The molecule has 1 N–H and O–H groups in total. The van der Waals surface area contributed by atoms with Gasteiger partial charge >= 0.3 is 0 Å². The highest BCUT2D eigenvalue weighted by molar-refractivity contribution is 6.21. The Hall–Kier alpha value is -6.27. The molecule has 0 fully saturated rings. The van der Waals surface area contributed by atoms with Crippen molar-refractivity contribution < 1.29 is 0 Å². The van der Waals surface area contributed by atoms with Crippen LogP contribution in [0.2, 0.25) is 0 Å². The molecule has 1 aliphatic heterocycles. The summed E-state index contributed by atoms with van der Waals surface area (Å²) in [6.07, 6.45) is 0. The van der Waals surface area contributed by atoms with Crippen molar-refractivity contribution in [3.8, 4) is 34.2 Å². The molecule has 0 saturated heterocycles. The third-order valence-electron chi connectivity index (χ3n) is 9.18. The zero-order chi connectivity index (χ0) is 30.2. The molecule has 9 aromatic rings. The van der Waals surface area contributed by atoms with Gasteiger partial charge in [0.25, 0.3) is 0 Å². The smallest absolute Gasteiger partial charge is 0.164 e. The molecule has 0 amide bonds. The van der Waals surface area contributed by atoms with Crippen LogP contribution in [0.3, 0.4) is 0 Å². The van der Waals surface area contributed by atoms with Gasteiger partial charge in [-0.2, -0.15) is 0 Å². The number of rotatable bonds is 3. The second-order valence-electron chi connectivity index (χ2n) is 11.8. The van der Waals surface area contributed by atoms with Crippen LogP contribution in [-0.4, -0.2) is 23.9 Å². The number of hydrogen-bond donors (Lipinski definition) is 1. The summed E-state index contributed by atoms with van der Waals surface area (Å²) in [6, 6.07) is 48.8. The van der Waals surface area contributed by atoms with Crippen molar-refractivity contribution in [3.05, 3.63) is 140 Å². The van der Waals surface area contributed by atoms with Crippen LogP contribution < -0.4 is 5.32 Å². The van der Waals surface area contributed by atoms with Gasteiger partial charge < -0.3 is 14.3 Å². The first-order valence-electron chi connectivity index (χ1n) is 15.5. The van der Waals surface area contributed by atoms with Crippen LogP contribution in [0.25, 0.3) is 83.3 Å². The molecule has 46 heavy (non-hydrogen) atoms. The quantitative estimate of drug-likeness (QED) is 0.223. The molecule has 0 bridgehead atoms. The van der Waals surface area contributed by atoms with Gasteiger partial charge in [0.05, 0.1) is 39.9 Å². The van der Waals surface area contributed by atoms with Crippen LogP contribution in [0.5, 0.6) is 0 Å². The molecule has 0 atom stereocenters. The first-order chi connectivity index (χ1) is 22.8. The Morgan fingerprint density at radius 1 is 0.435 bits per heavy atom. The Morgan fingerprint density at radius 3 is 1.72 bits per heavy atom. The number of anilines is 1. The third-order valence-corrected chi connectivity index (χ3v) is 9.18. The second kappa shape index (κ2) is 9.61. The summed E-state index contributed by atoms with van der Waals surface area (Å²) in [5.74, 6) is 1.95. The van der Waals surface area contributed by atoms with Crippen molar-refractivity contribution in [3.63, 3.8) is 0 Å². The van der Waals surface area contributed by atoms with E-state index in [-0.39, 0.29) is 0 Å². The summed E-state index contributed by atoms with van der Waals surface area (Å²) in [7, 11) is 0. The molecular formula is C40H26N6. The number of hydrogen-bond acceptors (Lipinski definition) is 4. The van der Waals surface area contributed by atoms with Gasteiger partial charge in [0.15, 0.2) is 17.5 Å². The van der Waals surface area contributed by atoms with Crippen molar-refractivity contribution >= 4 is 54.8 Å². The molecular weight excluding hydrogens is 564 g/mol. The first-order valence-corrected chi connectivity index (χ1v) is 15.5. The van der Waals surface area contributed by atoms with Crippen LogP contribution in [0.15, 0.2) is 140 Å². The minimum Gasteiger partial charge on any atom is -0.366 e. The van der Waals surface area contributed by atoms with Crippen molar-refractivity contribution in [1.29, 1.82) is 0 Å². The van der Waals surface area contributed by atoms with Crippen LogP contribution in [0, 0.1) is 0 Å². The van der Waals surface area contributed by atoms with E-state index >= 15 is 0 Å². The van der Waals surface area contributed by atoms with Gasteiger partial charge in [0, 0.05) is 38.2 Å². The molecule has 1 aliphatic rings. The topological polar surface area (TPSA) is 60.0 Å². The van der Waals surface area contributed by atoms with Gasteiger partial charge in [0.2, 0.25) is 0 Å². The lowest BCUT2D eigenvalue weighted by Gasteiger charge is -2.12. The lowest BCUT2D eigenvalue weighted by atomic mass is 10.1. The van der Waals surface area contributed by atoms with E-state index in [2.05, 4.69) is 93.1 Å². The highest BCUT2D eigenvalue weighted by Gasteiger charge is 2.21. The van der Waals surface area contributed by atoms with Gasteiger partial charge in [-0.1, -0.05) is 115 Å². The van der Waals surface area contributed by atoms with E-state index in [1.54, 1.807) is 0 Å². The Bertz CT molecular complexity index is 2630. The molecule has 0 unspecified atom stereocenters. The maximum absolute atomic E-state index is 5.04. The van der Waals surface area contributed by atoms with E-state index in [1.165, 1.54) is 38.1 Å². The predicted octanol–water partition coefficient (Wildman–Crippen LogP) is 9.48. The number of nitrogens with zero attached hydrogens (tertiary/aromatic N) is 5. The van der Waals surface area contributed by atoms with E-state index in [1.807, 2.05) is 60.7 Å². The van der Waals surface area contributed by atoms with Crippen LogP contribution in [-0.2, 0) is 6.67 Å². The fourth-order valence-corrected chi connectivity index (χ4v) is 7.13. The number of fused-ring (bicyclic) bond motifs is 7. The van der Waals surface area contributed by atoms with Crippen molar-refractivity contribution in [2.75, 3.05) is 5.32 Å². The monoisotopic (exact) mass is 590 g/mol. The summed E-state index contributed by atoms with van der Waals surface area (Å²) in [5.41, 5.74) is 9.84. The van der Waals surface area contributed by atoms with E-state index < -0.39 is 0 Å². The molecule has 6 heteroatoms. The molecule has 0 spiro atoms. The van der Waals surface area contributed by atoms with Crippen LogP contribution in [0.4, 0.5) is 5.69 Å². The fourth-order valence-electron chi connectivity index (χ4n) is 7.13. The van der Waals surface area contributed by atoms with Crippen molar-refractivity contribution in [2.45, 2.75) is 6.67 Å². The highest BCUT2D eigenvalue weighted by atomic mass is 15.2. The average molecular weight is 591 g/mol. The van der Waals surface area contributed by atoms with E-state index in [0.717, 1.165) is 33.4 Å². The van der Waals surface area contributed by atoms with Gasteiger partial charge in [-0.15, -0.1) is 0 Å². The Balaban J connectivity index is 1.34. The summed E-state index contributed by atoms with van der Waals surface area (Å²) >= 11 is 0. The largest absolute Gasteiger partial charge is 0.366 e. The van der Waals surface area contributed by atoms with Gasteiger partial charge in [-0.3, -0.25) is 0 Å². The first kappa shape index (κ1) is 25.1. The zero-order valence-corrected chi connectivity index (χ0v) is 24.7. The number of para-hydroxylation sites is 3. The van der Waals surface area contributed by atoms with Gasteiger partial charge in [-0.05, 0) is 24.3 Å².